The van der Waals surface area contributed by atoms with Crippen molar-refractivity contribution in [2.24, 2.45) is 0 Å². The minimum Gasteiger partial charge on any atom is -0.370 e. The molecule has 2 N–H and O–H groups in total. The van der Waals surface area contributed by atoms with Gasteiger partial charge >= 0.3 is 0 Å². The van der Waals surface area contributed by atoms with E-state index in [0.717, 1.165) is 45.7 Å². The zero-order valence-electron chi connectivity index (χ0n) is 15.4. The average Bonchev–Trinajstić information content (AvgIpc) is 2.66. The highest BCUT2D eigenvalue weighted by Crippen LogP contribution is 2.24. The van der Waals surface area contributed by atoms with E-state index in [2.05, 4.69) is 4.72 Å². The molecule has 27 heavy (non-hydrogen) atoms. The molecule has 0 atom stereocenters. The lowest BCUT2D eigenvalue weighted by atomic mass is 10.3. The molecule has 0 saturated carbocycles. The average molecular weight is 419 g/mol. The van der Waals surface area contributed by atoms with E-state index in [1.54, 1.807) is 12.1 Å². The Morgan fingerprint density at radius 3 is 2.48 bits per heavy atom. The van der Waals surface area contributed by atoms with Crippen molar-refractivity contribution in [1.29, 1.82) is 0 Å². The lowest BCUT2D eigenvalue weighted by Crippen LogP contribution is -3.14. The highest BCUT2D eigenvalue weighted by Gasteiger charge is 2.26. The fraction of sp³-hybridized carbons (Fsp3) is 0.647. The van der Waals surface area contributed by atoms with Crippen molar-refractivity contribution in [1.82, 2.24) is 4.72 Å². The summed E-state index contributed by atoms with van der Waals surface area (Å²) in [6, 6.07) is 6.06. The van der Waals surface area contributed by atoms with Crippen LogP contribution in [0.5, 0.6) is 0 Å². The van der Waals surface area contributed by atoms with Crippen LogP contribution >= 0.6 is 0 Å². The van der Waals surface area contributed by atoms with Crippen molar-refractivity contribution in [3.8, 4) is 0 Å². The third-order valence-electron chi connectivity index (χ3n) is 4.98. The van der Waals surface area contributed by atoms with Crippen molar-refractivity contribution in [2.45, 2.75) is 24.2 Å². The summed E-state index contributed by atoms with van der Waals surface area (Å²) in [7, 11) is -6.89. The smallest absolute Gasteiger partial charge is 0.240 e. The first-order valence-electron chi connectivity index (χ1n) is 9.40. The van der Waals surface area contributed by atoms with Crippen LogP contribution in [0.3, 0.4) is 0 Å². The Hall–Kier alpha value is -1.20. The number of nitrogens with zero attached hydrogens (tertiary/aromatic N) is 1. The van der Waals surface area contributed by atoms with Crippen LogP contribution in [0.1, 0.15) is 19.3 Å². The summed E-state index contributed by atoms with van der Waals surface area (Å²) in [4.78, 5) is 1.59. The van der Waals surface area contributed by atoms with E-state index in [0.29, 0.717) is 25.2 Å². The summed E-state index contributed by atoms with van der Waals surface area (Å²) in [5.74, 6) is 0.139. The number of sulfonamides is 2. The van der Waals surface area contributed by atoms with Gasteiger partial charge in [-0.25, -0.2) is 21.6 Å². The number of morpholine rings is 1. The summed E-state index contributed by atoms with van der Waals surface area (Å²) < 4.78 is 58.5. The van der Waals surface area contributed by atoms with Crippen molar-refractivity contribution < 1.29 is 26.5 Å². The van der Waals surface area contributed by atoms with Gasteiger partial charge in [0.2, 0.25) is 20.0 Å². The van der Waals surface area contributed by atoms with Crippen molar-refractivity contribution in [3.63, 3.8) is 0 Å². The van der Waals surface area contributed by atoms with E-state index in [-0.39, 0.29) is 10.6 Å². The molecule has 0 radical (unpaired) electrons. The molecule has 10 heteroatoms. The molecule has 2 aliphatic heterocycles. The van der Waals surface area contributed by atoms with Crippen LogP contribution in [0, 0.1) is 0 Å². The molecule has 0 aliphatic carbocycles. The largest absolute Gasteiger partial charge is 0.370 e. The number of nitrogens with one attached hydrogen (secondary N) is 2. The van der Waals surface area contributed by atoms with Crippen LogP contribution < -0.4 is 13.9 Å². The molecule has 0 bridgehead atoms. The molecule has 2 aliphatic rings. The molecule has 1 aromatic carbocycles. The molecule has 0 spiro atoms. The van der Waals surface area contributed by atoms with Gasteiger partial charge in [-0.15, -0.1) is 0 Å². The maximum atomic E-state index is 12.4. The zero-order valence-corrected chi connectivity index (χ0v) is 17.0. The van der Waals surface area contributed by atoms with Crippen molar-refractivity contribution in [3.05, 3.63) is 24.3 Å². The number of benzene rings is 1. The van der Waals surface area contributed by atoms with E-state index in [9.17, 15) is 16.8 Å². The Labute approximate surface area is 161 Å². The molecule has 3 rings (SSSR count). The SMILES string of the molecule is O=S(=O)(NCCC[NH+]1CCOCC1)c1ccc(N2CCCCS2(=O)=O)cc1. The summed E-state index contributed by atoms with van der Waals surface area (Å²) in [6.07, 6.45) is 2.24. The molecular formula is C17H28N3O5S2+. The summed E-state index contributed by atoms with van der Waals surface area (Å²) in [5.41, 5.74) is 0.518. The zero-order chi connectivity index (χ0) is 19.3. The van der Waals surface area contributed by atoms with Gasteiger partial charge in [-0.3, -0.25) is 4.31 Å². The van der Waals surface area contributed by atoms with Crippen LogP contribution in [-0.2, 0) is 24.8 Å². The van der Waals surface area contributed by atoms with Gasteiger partial charge in [-0.2, -0.15) is 0 Å². The lowest BCUT2D eigenvalue weighted by Gasteiger charge is -2.28. The van der Waals surface area contributed by atoms with Gasteiger partial charge in [0.25, 0.3) is 0 Å². The maximum absolute atomic E-state index is 12.4. The third-order valence-corrected chi connectivity index (χ3v) is 8.33. The number of hydrogen-bond donors (Lipinski definition) is 2. The van der Waals surface area contributed by atoms with Crippen LogP contribution in [0.4, 0.5) is 5.69 Å². The normalized spacial score (nSPS) is 21.3. The second kappa shape index (κ2) is 8.87. The monoisotopic (exact) mass is 418 g/mol. The summed E-state index contributed by atoms with van der Waals surface area (Å²) in [6.45, 7) is 5.20. The van der Waals surface area contributed by atoms with Crippen molar-refractivity contribution >= 4 is 25.7 Å². The summed E-state index contributed by atoms with van der Waals surface area (Å²) in [5, 5.41) is 0. The second-order valence-corrected chi connectivity index (χ2v) is 10.7. The van der Waals surface area contributed by atoms with Gasteiger partial charge in [0, 0.05) is 19.5 Å². The lowest BCUT2D eigenvalue weighted by molar-refractivity contribution is -0.908. The molecule has 0 unspecified atom stereocenters. The Kier molecular flexibility index (Phi) is 6.74. The first-order chi connectivity index (χ1) is 12.9. The summed E-state index contributed by atoms with van der Waals surface area (Å²) >= 11 is 0. The fourth-order valence-corrected chi connectivity index (χ4v) is 6.12. The van der Waals surface area contributed by atoms with Crippen molar-refractivity contribution in [2.75, 3.05) is 56.0 Å². The first-order valence-corrected chi connectivity index (χ1v) is 12.5. The van der Waals surface area contributed by atoms with Gasteiger partial charge in [-0.1, -0.05) is 0 Å². The number of ether oxygens (including phenoxy) is 1. The topological polar surface area (TPSA) is 97.2 Å². The second-order valence-electron chi connectivity index (χ2n) is 6.95. The van der Waals surface area contributed by atoms with Crippen LogP contribution in [-0.4, -0.2) is 68.5 Å². The van der Waals surface area contributed by atoms with Gasteiger partial charge in [0.05, 0.1) is 36.1 Å². The molecule has 8 nitrogen and oxygen atoms in total. The molecule has 2 heterocycles. The number of rotatable bonds is 7. The minimum atomic E-state index is -3.59. The first kappa shape index (κ1) is 20.5. The molecule has 2 fully saturated rings. The maximum Gasteiger partial charge on any atom is 0.240 e. The van der Waals surface area contributed by atoms with E-state index in [1.165, 1.54) is 21.3 Å². The standard InChI is InChI=1S/C17H27N3O5S2/c21-26(22)15-2-1-10-20(26)16-4-6-17(7-5-16)27(23,24)18-8-3-9-19-11-13-25-14-12-19/h4-7,18H,1-3,8-15H2/p+1. The van der Waals surface area contributed by atoms with Gasteiger partial charge in [0.1, 0.15) is 13.1 Å². The Morgan fingerprint density at radius 1 is 1.11 bits per heavy atom. The van der Waals surface area contributed by atoms with E-state index < -0.39 is 20.0 Å². The van der Waals surface area contributed by atoms with Crippen LogP contribution in [0.25, 0.3) is 0 Å². The molecule has 0 aromatic heterocycles. The molecule has 152 valence electrons. The Bertz CT molecular complexity index is 819. The fourth-order valence-electron chi connectivity index (χ4n) is 3.41. The molecule has 0 amide bonds. The van der Waals surface area contributed by atoms with E-state index >= 15 is 0 Å². The predicted molar refractivity (Wildman–Crippen MR) is 103 cm³/mol. The molecule has 1 aromatic rings. The Balaban J connectivity index is 1.55. The van der Waals surface area contributed by atoms with E-state index in [4.69, 9.17) is 4.74 Å². The van der Waals surface area contributed by atoms with Gasteiger partial charge in [0.15, 0.2) is 0 Å². The number of hydrogen-bond acceptors (Lipinski definition) is 5. The molecule has 2 saturated heterocycles. The van der Waals surface area contributed by atoms with Crippen LogP contribution in [0.15, 0.2) is 29.2 Å². The van der Waals surface area contributed by atoms with Gasteiger partial charge in [-0.05, 0) is 37.1 Å². The molecular weight excluding hydrogens is 390 g/mol. The van der Waals surface area contributed by atoms with E-state index in [1.807, 2.05) is 0 Å². The number of quaternary nitrogens is 1. The quantitative estimate of drug-likeness (QED) is 0.565. The third kappa shape index (κ3) is 5.41. The Morgan fingerprint density at radius 2 is 1.81 bits per heavy atom. The predicted octanol–water partition coefficient (Wildman–Crippen LogP) is -0.800. The highest BCUT2D eigenvalue weighted by molar-refractivity contribution is 7.92. The van der Waals surface area contributed by atoms with Crippen LogP contribution in [0.2, 0.25) is 0 Å². The highest BCUT2D eigenvalue weighted by atomic mass is 32.2. The minimum absolute atomic E-state index is 0.139. The van der Waals surface area contributed by atoms with Gasteiger partial charge < -0.3 is 9.64 Å². The number of anilines is 1.